The fourth-order valence-corrected chi connectivity index (χ4v) is 2.86. The molecule has 0 saturated carbocycles. The number of halogens is 1. The van der Waals surface area contributed by atoms with Gasteiger partial charge in [-0.25, -0.2) is 4.79 Å². The van der Waals surface area contributed by atoms with Crippen LogP contribution < -0.4 is 4.90 Å². The van der Waals surface area contributed by atoms with E-state index in [2.05, 4.69) is 0 Å². The van der Waals surface area contributed by atoms with Gasteiger partial charge in [-0.1, -0.05) is 17.7 Å². The van der Waals surface area contributed by atoms with Crippen molar-refractivity contribution in [2.45, 2.75) is 18.9 Å². The quantitative estimate of drug-likeness (QED) is 0.601. The first-order valence-electron chi connectivity index (χ1n) is 7.38. The fraction of sp³-hybridized carbons (Fsp3) is 0.438. The number of anilines is 1. The Kier molecular flexibility index (Phi) is 5.98. The maximum Gasteiger partial charge on any atom is 0.329 e. The Morgan fingerprint density at radius 2 is 2.17 bits per heavy atom. The van der Waals surface area contributed by atoms with E-state index < -0.39 is 12.0 Å². The van der Waals surface area contributed by atoms with E-state index in [-0.39, 0.29) is 18.7 Å². The summed E-state index contributed by atoms with van der Waals surface area (Å²) in [6, 6.07) is 6.55. The molecular weight excluding hydrogens is 320 g/mol. The Balaban J connectivity index is 2.15. The first-order valence-corrected chi connectivity index (χ1v) is 7.76. The van der Waals surface area contributed by atoms with Gasteiger partial charge >= 0.3 is 5.97 Å². The van der Waals surface area contributed by atoms with Crippen LogP contribution in [0.15, 0.2) is 24.3 Å². The molecule has 6 nitrogen and oxygen atoms in total. The number of methoxy groups -OCH3 is 1. The molecule has 1 aliphatic rings. The summed E-state index contributed by atoms with van der Waals surface area (Å²) in [5.41, 5.74) is 0.928. The molecule has 1 heterocycles. The number of ether oxygens (including phenoxy) is 1. The minimum absolute atomic E-state index is 0.0599. The summed E-state index contributed by atoms with van der Waals surface area (Å²) in [5, 5.41) is 0.628. The monoisotopic (exact) mass is 338 g/mol. The van der Waals surface area contributed by atoms with Gasteiger partial charge in [0.25, 0.3) is 0 Å². The normalized spacial score (nSPS) is 16.7. The van der Waals surface area contributed by atoms with Crippen LogP contribution in [0.5, 0.6) is 0 Å². The fourth-order valence-electron chi connectivity index (χ4n) is 2.68. The molecule has 0 radical (unpaired) electrons. The maximum absolute atomic E-state index is 12.3. The molecule has 7 heteroatoms. The molecule has 1 aromatic rings. The lowest BCUT2D eigenvalue weighted by molar-refractivity contribution is -0.153. The van der Waals surface area contributed by atoms with E-state index in [0.29, 0.717) is 30.9 Å². The molecule has 23 heavy (non-hydrogen) atoms. The Morgan fingerprint density at radius 3 is 2.83 bits per heavy atom. The molecular formula is C16H19ClN2O4. The molecule has 1 aromatic carbocycles. The van der Waals surface area contributed by atoms with Crippen LogP contribution in [0.25, 0.3) is 0 Å². The topological polar surface area (TPSA) is 66.9 Å². The van der Waals surface area contributed by atoms with E-state index >= 15 is 0 Å². The second-order valence-corrected chi connectivity index (χ2v) is 5.68. The molecule has 0 aliphatic carbocycles. The third-order valence-electron chi connectivity index (χ3n) is 3.87. The number of benzene rings is 1. The van der Waals surface area contributed by atoms with Crippen LogP contribution in [0, 0.1) is 0 Å². The van der Waals surface area contributed by atoms with Crippen LogP contribution in [0.2, 0.25) is 5.02 Å². The summed E-state index contributed by atoms with van der Waals surface area (Å²) in [6.07, 6.45) is 0.836. The molecule has 0 N–H and O–H groups in total. The minimum atomic E-state index is -0.857. The summed E-state index contributed by atoms with van der Waals surface area (Å²) in [4.78, 5) is 38.5. The first-order chi connectivity index (χ1) is 11.1. The number of carbonyl (C=O) groups is 3. The molecule has 0 bridgehead atoms. The van der Waals surface area contributed by atoms with E-state index in [1.54, 1.807) is 6.07 Å². The molecule has 0 spiro atoms. The van der Waals surface area contributed by atoms with Crippen molar-refractivity contribution in [2.75, 3.05) is 31.6 Å². The third kappa shape index (κ3) is 4.22. The highest BCUT2D eigenvalue weighted by atomic mass is 35.5. The van der Waals surface area contributed by atoms with Gasteiger partial charge in [-0.3, -0.25) is 4.79 Å². The number of carbonyl (C=O) groups excluding carboxylic acids is 3. The van der Waals surface area contributed by atoms with E-state index in [1.165, 1.54) is 12.0 Å². The molecule has 1 amide bonds. The zero-order valence-electron chi connectivity index (χ0n) is 12.9. The van der Waals surface area contributed by atoms with Crippen molar-refractivity contribution in [3.63, 3.8) is 0 Å². The Labute approximate surface area is 139 Å². The minimum Gasteiger partial charge on any atom is -0.467 e. The molecule has 1 aliphatic heterocycles. The number of hydrogen-bond acceptors (Lipinski definition) is 5. The highest BCUT2D eigenvalue weighted by Gasteiger charge is 2.32. The van der Waals surface area contributed by atoms with Crippen LogP contribution >= 0.6 is 11.6 Å². The zero-order chi connectivity index (χ0) is 16.8. The second kappa shape index (κ2) is 7.97. The van der Waals surface area contributed by atoms with E-state index in [1.807, 2.05) is 23.1 Å². The van der Waals surface area contributed by atoms with Crippen molar-refractivity contribution in [3.8, 4) is 0 Å². The Morgan fingerprint density at radius 1 is 1.39 bits per heavy atom. The van der Waals surface area contributed by atoms with Gasteiger partial charge in [0.05, 0.1) is 7.11 Å². The van der Waals surface area contributed by atoms with Crippen molar-refractivity contribution in [3.05, 3.63) is 29.3 Å². The number of amides is 1. The van der Waals surface area contributed by atoms with Gasteiger partial charge in [-0.15, -0.1) is 0 Å². The average Bonchev–Trinajstić information content (AvgIpc) is 2.74. The number of esters is 1. The predicted molar refractivity (Wildman–Crippen MR) is 86.5 cm³/mol. The van der Waals surface area contributed by atoms with E-state index in [9.17, 15) is 14.4 Å². The highest BCUT2D eigenvalue weighted by Crippen LogP contribution is 2.22. The SMILES string of the molecule is COC(=O)C(CC=O)N1CCN(c2cccc(Cl)c2)CCC1=O. The Bertz CT molecular complexity index is 593. The van der Waals surface area contributed by atoms with Crippen molar-refractivity contribution >= 4 is 35.5 Å². The molecule has 1 saturated heterocycles. The lowest BCUT2D eigenvalue weighted by Crippen LogP contribution is -2.46. The van der Waals surface area contributed by atoms with Crippen molar-refractivity contribution in [2.24, 2.45) is 0 Å². The van der Waals surface area contributed by atoms with Gasteiger partial charge < -0.3 is 19.3 Å². The molecule has 1 unspecified atom stereocenters. The van der Waals surface area contributed by atoms with Crippen LogP contribution in [0.4, 0.5) is 5.69 Å². The predicted octanol–water partition coefficient (Wildman–Crippen LogP) is 1.51. The van der Waals surface area contributed by atoms with Gasteiger partial charge in [0.15, 0.2) is 0 Å². The summed E-state index contributed by atoms with van der Waals surface area (Å²) < 4.78 is 4.71. The molecule has 0 aromatic heterocycles. The first kappa shape index (κ1) is 17.3. The average molecular weight is 339 g/mol. The van der Waals surface area contributed by atoms with Crippen LogP contribution in [0.1, 0.15) is 12.8 Å². The van der Waals surface area contributed by atoms with Gasteiger partial charge in [0.1, 0.15) is 12.3 Å². The lowest BCUT2D eigenvalue weighted by Gasteiger charge is -2.28. The number of hydrogen-bond donors (Lipinski definition) is 0. The smallest absolute Gasteiger partial charge is 0.329 e. The second-order valence-electron chi connectivity index (χ2n) is 5.25. The summed E-state index contributed by atoms with van der Waals surface area (Å²) in [5.74, 6) is -0.728. The number of aldehydes is 1. The zero-order valence-corrected chi connectivity index (χ0v) is 13.7. The lowest BCUT2D eigenvalue weighted by atomic mass is 10.1. The molecule has 2 rings (SSSR count). The van der Waals surface area contributed by atoms with Crippen LogP contribution in [0.3, 0.4) is 0 Å². The van der Waals surface area contributed by atoms with Crippen LogP contribution in [-0.2, 0) is 19.1 Å². The molecule has 124 valence electrons. The van der Waals surface area contributed by atoms with Gasteiger partial charge in [0, 0.05) is 43.2 Å². The van der Waals surface area contributed by atoms with Crippen molar-refractivity contribution < 1.29 is 19.1 Å². The summed E-state index contributed by atoms with van der Waals surface area (Å²) in [7, 11) is 1.25. The van der Waals surface area contributed by atoms with Crippen LogP contribution in [-0.4, -0.2) is 55.8 Å². The number of nitrogens with zero attached hydrogens (tertiary/aromatic N) is 2. The standard InChI is InChI=1S/C16H19ClN2O4/c1-23-16(22)14(6-10-20)19-9-8-18(7-5-15(19)21)13-4-2-3-12(17)11-13/h2-4,10-11,14H,5-9H2,1H3. The Hall–Kier alpha value is -2.08. The molecule has 1 atom stereocenters. The van der Waals surface area contributed by atoms with E-state index in [4.69, 9.17) is 16.3 Å². The van der Waals surface area contributed by atoms with Gasteiger partial charge in [0.2, 0.25) is 5.91 Å². The summed E-state index contributed by atoms with van der Waals surface area (Å²) in [6.45, 7) is 1.43. The third-order valence-corrected chi connectivity index (χ3v) is 4.10. The largest absolute Gasteiger partial charge is 0.467 e. The van der Waals surface area contributed by atoms with Crippen molar-refractivity contribution in [1.29, 1.82) is 0 Å². The summed E-state index contributed by atoms with van der Waals surface area (Å²) >= 11 is 6.01. The van der Waals surface area contributed by atoms with Gasteiger partial charge in [-0.05, 0) is 18.2 Å². The van der Waals surface area contributed by atoms with Gasteiger partial charge in [-0.2, -0.15) is 0 Å². The highest BCUT2D eigenvalue weighted by molar-refractivity contribution is 6.30. The van der Waals surface area contributed by atoms with E-state index in [0.717, 1.165) is 5.69 Å². The van der Waals surface area contributed by atoms with Crippen molar-refractivity contribution in [1.82, 2.24) is 4.90 Å². The maximum atomic E-state index is 12.3. The molecule has 1 fully saturated rings. The number of rotatable bonds is 5.